The second-order valence-electron chi connectivity index (χ2n) is 5.92. The van der Waals surface area contributed by atoms with Crippen molar-refractivity contribution in [1.82, 2.24) is 5.32 Å². The molecule has 0 bridgehead atoms. The standard InChI is InChI=1S/C19H21F3N2O3/c1-4-13-8-9-16(12(2)10-13)27-11-14-6-5-7-15(19(20,21)22)17(14)24(26)18(25)23-3/h5-10,26H,4,11H2,1-3H3,(H,23,25). The van der Waals surface area contributed by atoms with Gasteiger partial charge in [0, 0.05) is 12.6 Å². The molecule has 146 valence electrons. The van der Waals surface area contributed by atoms with Gasteiger partial charge in [-0.3, -0.25) is 5.21 Å². The molecule has 2 N–H and O–H groups in total. The Hall–Kier alpha value is -2.74. The summed E-state index contributed by atoms with van der Waals surface area (Å²) in [5, 5.41) is 12.0. The fraction of sp³-hybridized carbons (Fsp3) is 0.316. The highest BCUT2D eigenvalue weighted by Gasteiger charge is 2.37. The maximum atomic E-state index is 13.4. The first-order valence-electron chi connectivity index (χ1n) is 8.31. The van der Waals surface area contributed by atoms with E-state index in [2.05, 4.69) is 5.32 Å². The number of alkyl halides is 3. The zero-order valence-electron chi connectivity index (χ0n) is 15.2. The van der Waals surface area contributed by atoms with Gasteiger partial charge in [0.1, 0.15) is 12.4 Å². The number of anilines is 1. The van der Waals surface area contributed by atoms with E-state index in [0.717, 1.165) is 23.6 Å². The molecule has 27 heavy (non-hydrogen) atoms. The number of nitrogens with one attached hydrogen (secondary N) is 1. The van der Waals surface area contributed by atoms with Gasteiger partial charge in [0.15, 0.2) is 0 Å². The number of carbonyl (C=O) groups excluding carboxylic acids is 1. The maximum absolute atomic E-state index is 13.4. The molecule has 0 saturated heterocycles. The number of ether oxygens (including phenoxy) is 1. The van der Waals surface area contributed by atoms with E-state index >= 15 is 0 Å². The molecule has 0 aromatic heterocycles. The largest absolute Gasteiger partial charge is 0.489 e. The summed E-state index contributed by atoms with van der Waals surface area (Å²) in [6.07, 6.45) is -3.90. The number of hydrogen-bond acceptors (Lipinski definition) is 3. The van der Waals surface area contributed by atoms with Crippen molar-refractivity contribution in [2.24, 2.45) is 0 Å². The lowest BCUT2D eigenvalue weighted by atomic mass is 10.1. The third-order valence-electron chi connectivity index (χ3n) is 4.07. The van der Waals surface area contributed by atoms with Crippen LogP contribution in [0, 0.1) is 6.92 Å². The van der Waals surface area contributed by atoms with E-state index in [-0.39, 0.29) is 17.2 Å². The SMILES string of the molecule is CCc1ccc(OCc2cccc(C(F)(F)F)c2N(O)C(=O)NC)c(C)c1. The molecule has 0 unspecified atom stereocenters. The number of para-hydroxylation sites is 1. The van der Waals surface area contributed by atoms with Gasteiger partial charge in [-0.25, -0.2) is 4.79 Å². The quantitative estimate of drug-likeness (QED) is 0.583. The molecule has 0 saturated carbocycles. The van der Waals surface area contributed by atoms with Crippen LogP contribution in [0.25, 0.3) is 0 Å². The number of rotatable bonds is 5. The molecule has 0 aliphatic carbocycles. The van der Waals surface area contributed by atoms with Crippen molar-refractivity contribution in [3.05, 3.63) is 58.7 Å². The molecule has 2 aromatic rings. The molecular formula is C19H21F3N2O3. The van der Waals surface area contributed by atoms with Crippen molar-refractivity contribution in [3.63, 3.8) is 0 Å². The first-order valence-corrected chi connectivity index (χ1v) is 8.31. The molecule has 0 aliphatic heterocycles. The first-order chi connectivity index (χ1) is 12.7. The van der Waals surface area contributed by atoms with E-state index < -0.39 is 23.5 Å². The number of amides is 2. The Morgan fingerprint density at radius 2 is 1.96 bits per heavy atom. The highest BCUT2D eigenvalue weighted by Crippen LogP contribution is 2.38. The van der Waals surface area contributed by atoms with Crippen molar-refractivity contribution in [2.75, 3.05) is 12.1 Å². The van der Waals surface area contributed by atoms with Crippen molar-refractivity contribution < 1.29 is 27.9 Å². The highest BCUT2D eigenvalue weighted by atomic mass is 19.4. The average molecular weight is 382 g/mol. The molecule has 0 heterocycles. The number of carbonyl (C=O) groups is 1. The molecule has 0 atom stereocenters. The van der Waals surface area contributed by atoms with E-state index in [1.807, 2.05) is 26.0 Å². The van der Waals surface area contributed by atoms with Crippen molar-refractivity contribution in [2.45, 2.75) is 33.1 Å². The summed E-state index contributed by atoms with van der Waals surface area (Å²) in [5.74, 6) is 0.514. The Bertz CT molecular complexity index is 822. The molecule has 0 radical (unpaired) electrons. The number of halogens is 3. The van der Waals surface area contributed by atoms with Gasteiger partial charge < -0.3 is 10.1 Å². The van der Waals surface area contributed by atoms with Crippen LogP contribution < -0.4 is 15.1 Å². The molecule has 2 aromatic carbocycles. The second-order valence-corrected chi connectivity index (χ2v) is 5.92. The normalized spacial score (nSPS) is 11.2. The third-order valence-corrected chi connectivity index (χ3v) is 4.07. The molecule has 8 heteroatoms. The van der Waals surface area contributed by atoms with Crippen LogP contribution in [0.15, 0.2) is 36.4 Å². The van der Waals surface area contributed by atoms with E-state index in [0.29, 0.717) is 5.75 Å². The van der Waals surface area contributed by atoms with Crippen LogP contribution in [0.2, 0.25) is 0 Å². The topological polar surface area (TPSA) is 61.8 Å². The Morgan fingerprint density at radius 3 is 2.52 bits per heavy atom. The minimum absolute atomic E-state index is 0.0230. The van der Waals surface area contributed by atoms with E-state index in [9.17, 15) is 23.2 Å². The summed E-state index contributed by atoms with van der Waals surface area (Å²) in [5.41, 5.74) is 0.186. The van der Waals surface area contributed by atoms with E-state index in [1.165, 1.54) is 19.2 Å². The second kappa shape index (κ2) is 8.30. The Morgan fingerprint density at radius 1 is 1.26 bits per heavy atom. The smallest absolute Gasteiger partial charge is 0.418 e. The predicted octanol–water partition coefficient (Wildman–Crippen LogP) is 4.69. The van der Waals surface area contributed by atoms with Crippen molar-refractivity contribution in [1.29, 1.82) is 0 Å². The van der Waals surface area contributed by atoms with Gasteiger partial charge in [0.25, 0.3) is 0 Å². The summed E-state index contributed by atoms with van der Waals surface area (Å²) in [6, 6.07) is 7.84. The molecule has 2 rings (SSSR count). The van der Waals surface area contributed by atoms with Crippen LogP contribution in [0.3, 0.4) is 0 Å². The van der Waals surface area contributed by atoms with E-state index in [4.69, 9.17) is 4.74 Å². The van der Waals surface area contributed by atoms with Crippen LogP contribution in [0.5, 0.6) is 5.75 Å². The Labute approximate surface area is 155 Å². The lowest BCUT2D eigenvalue weighted by Gasteiger charge is -2.23. The Balaban J connectivity index is 2.40. The van der Waals surface area contributed by atoms with Crippen LogP contribution in [0.1, 0.15) is 29.2 Å². The van der Waals surface area contributed by atoms with Gasteiger partial charge in [-0.2, -0.15) is 18.2 Å². The summed E-state index contributed by atoms with van der Waals surface area (Å²) >= 11 is 0. The molecule has 0 aliphatic rings. The number of urea groups is 1. The minimum atomic E-state index is -4.75. The fourth-order valence-corrected chi connectivity index (χ4v) is 2.64. The van der Waals surface area contributed by atoms with Crippen LogP contribution >= 0.6 is 0 Å². The van der Waals surface area contributed by atoms with Crippen molar-refractivity contribution in [3.8, 4) is 5.75 Å². The summed E-state index contributed by atoms with van der Waals surface area (Å²) in [6.45, 7) is 3.60. The third kappa shape index (κ3) is 4.71. The van der Waals surface area contributed by atoms with Crippen LogP contribution in [-0.4, -0.2) is 18.3 Å². The lowest BCUT2D eigenvalue weighted by molar-refractivity contribution is -0.137. The monoisotopic (exact) mass is 382 g/mol. The van der Waals surface area contributed by atoms with Gasteiger partial charge >= 0.3 is 12.2 Å². The number of benzene rings is 2. The molecular weight excluding hydrogens is 361 g/mol. The van der Waals surface area contributed by atoms with Crippen LogP contribution in [0.4, 0.5) is 23.7 Å². The zero-order valence-corrected chi connectivity index (χ0v) is 15.2. The summed E-state index contributed by atoms with van der Waals surface area (Å²) < 4.78 is 45.7. The molecule has 0 fully saturated rings. The average Bonchev–Trinajstić information content (AvgIpc) is 2.64. The van der Waals surface area contributed by atoms with Gasteiger partial charge in [-0.15, -0.1) is 0 Å². The van der Waals surface area contributed by atoms with Crippen LogP contribution in [-0.2, 0) is 19.2 Å². The minimum Gasteiger partial charge on any atom is -0.489 e. The molecule has 5 nitrogen and oxygen atoms in total. The van der Waals surface area contributed by atoms with Gasteiger partial charge in [0.05, 0.1) is 11.3 Å². The molecule has 2 amide bonds. The first kappa shape index (κ1) is 20.6. The number of aryl methyl sites for hydroxylation is 2. The zero-order chi connectivity index (χ0) is 20.2. The number of hydrogen-bond donors (Lipinski definition) is 2. The van der Waals surface area contributed by atoms with Gasteiger partial charge in [-0.05, 0) is 36.6 Å². The van der Waals surface area contributed by atoms with Gasteiger partial charge in [0.2, 0.25) is 0 Å². The molecule has 0 spiro atoms. The summed E-state index contributed by atoms with van der Waals surface area (Å²) in [4.78, 5) is 11.7. The number of nitrogens with zero attached hydrogens (tertiary/aromatic N) is 1. The Kier molecular flexibility index (Phi) is 6.32. The van der Waals surface area contributed by atoms with E-state index in [1.54, 1.807) is 6.07 Å². The highest BCUT2D eigenvalue weighted by molar-refractivity contribution is 5.91. The summed E-state index contributed by atoms with van der Waals surface area (Å²) in [7, 11) is 1.20. The number of hydroxylamine groups is 1. The van der Waals surface area contributed by atoms with Crippen molar-refractivity contribution >= 4 is 11.7 Å². The van der Waals surface area contributed by atoms with Gasteiger partial charge in [-0.1, -0.05) is 31.2 Å². The maximum Gasteiger partial charge on any atom is 0.418 e. The predicted molar refractivity (Wildman–Crippen MR) is 95.1 cm³/mol. The fourth-order valence-electron chi connectivity index (χ4n) is 2.64. The lowest BCUT2D eigenvalue weighted by Crippen LogP contribution is -2.37.